The molecule has 0 fully saturated rings. The molecule has 2 unspecified atom stereocenters. The molecule has 2 rings (SSSR count). The number of para-hydroxylation sites is 1. The first-order valence-electron chi connectivity index (χ1n) is 6.59. The topological polar surface area (TPSA) is 54.6 Å². The van der Waals surface area contributed by atoms with Crippen molar-refractivity contribution in [2.24, 2.45) is 0 Å². The van der Waals surface area contributed by atoms with E-state index in [9.17, 15) is 0 Å². The van der Waals surface area contributed by atoms with Gasteiger partial charge in [0.05, 0.1) is 12.6 Å². The van der Waals surface area contributed by atoms with Crippen LogP contribution in [-0.2, 0) is 4.74 Å². The summed E-state index contributed by atoms with van der Waals surface area (Å²) in [6.45, 7) is 2.77. The molecule has 0 saturated heterocycles. The number of ether oxygens (including phenoxy) is 1. The van der Waals surface area contributed by atoms with Gasteiger partial charge in [-0.15, -0.1) is 0 Å². The molecule has 2 aromatic rings. The van der Waals surface area contributed by atoms with E-state index in [4.69, 9.17) is 14.3 Å². The molecular weight excluding hydrogens is 242 g/mol. The highest BCUT2D eigenvalue weighted by molar-refractivity contribution is 5.77. The molecule has 0 bridgehead atoms. The van der Waals surface area contributed by atoms with Crippen molar-refractivity contribution in [2.75, 3.05) is 20.3 Å². The van der Waals surface area contributed by atoms with Crippen LogP contribution < -0.4 is 5.32 Å². The van der Waals surface area contributed by atoms with E-state index in [0.29, 0.717) is 13.0 Å². The first kappa shape index (κ1) is 14.1. The second-order valence-corrected chi connectivity index (χ2v) is 4.74. The van der Waals surface area contributed by atoms with Crippen LogP contribution in [-0.4, -0.2) is 31.5 Å². The summed E-state index contributed by atoms with van der Waals surface area (Å²) in [5.74, 6) is 0.903. The van der Waals surface area contributed by atoms with Gasteiger partial charge in [-0.25, -0.2) is 0 Å². The maximum Gasteiger partial charge on any atom is 0.134 e. The summed E-state index contributed by atoms with van der Waals surface area (Å²) in [6.07, 6.45) is 0.665. The molecule has 0 spiro atoms. The fourth-order valence-corrected chi connectivity index (χ4v) is 2.22. The Morgan fingerprint density at radius 2 is 2.16 bits per heavy atom. The van der Waals surface area contributed by atoms with Gasteiger partial charge in [0.2, 0.25) is 0 Å². The van der Waals surface area contributed by atoms with E-state index in [-0.39, 0.29) is 18.7 Å². The molecule has 0 radical (unpaired) electrons. The minimum atomic E-state index is 0.0825. The number of methoxy groups -OCH3 is 1. The van der Waals surface area contributed by atoms with E-state index in [1.807, 2.05) is 24.3 Å². The molecule has 0 aliphatic rings. The van der Waals surface area contributed by atoms with Crippen LogP contribution in [0.25, 0.3) is 11.0 Å². The molecule has 1 aromatic heterocycles. The SMILES string of the molecule is COCC(CCO)NC(C)c1cc2ccccc2o1. The standard InChI is InChI=1S/C15H21NO3/c1-11(16-13(7-8-17)10-18-2)15-9-12-5-3-4-6-14(12)19-15/h3-6,9,11,13,16-17H,7-8,10H2,1-2H3. The highest BCUT2D eigenvalue weighted by atomic mass is 16.5. The molecule has 0 saturated carbocycles. The highest BCUT2D eigenvalue weighted by Crippen LogP contribution is 2.23. The van der Waals surface area contributed by atoms with Crippen LogP contribution in [0.1, 0.15) is 25.1 Å². The second-order valence-electron chi connectivity index (χ2n) is 4.74. The monoisotopic (exact) mass is 263 g/mol. The van der Waals surface area contributed by atoms with Gasteiger partial charge in [-0.3, -0.25) is 0 Å². The van der Waals surface area contributed by atoms with Crippen molar-refractivity contribution >= 4 is 11.0 Å². The molecule has 104 valence electrons. The summed E-state index contributed by atoms with van der Waals surface area (Å²) in [6, 6.07) is 10.2. The maximum atomic E-state index is 9.04. The first-order valence-corrected chi connectivity index (χ1v) is 6.59. The largest absolute Gasteiger partial charge is 0.459 e. The van der Waals surface area contributed by atoms with Gasteiger partial charge in [0, 0.05) is 25.1 Å². The Hall–Kier alpha value is -1.36. The third-order valence-electron chi connectivity index (χ3n) is 3.20. The van der Waals surface area contributed by atoms with Crippen molar-refractivity contribution in [2.45, 2.75) is 25.4 Å². The van der Waals surface area contributed by atoms with Gasteiger partial charge >= 0.3 is 0 Å². The summed E-state index contributed by atoms with van der Waals surface area (Å²) < 4.78 is 11.0. The lowest BCUT2D eigenvalue weighted by molar-refractivity contribution is 0.142. The normalized spacial score (nSPS) is 14.7. The van der Waals surface area contributed by atoms with E-state index in [1.54, 1.807) is 7.11 Å². The van der Waals surface area contributed by atoms with E-state index in [0.717, 1.165) is 16.7 Å². The molecule has 0 amide bonds. The summed E-state index contributed by atoms with van der Waals surface area (Å²) in [5.41, 5.74) is 0.900. The highest BCUT2D eigenvalue weighted by Gasteiger charge is 2.16. The predicted molar refractivity (Wildman–Crippen MR) is 75.1 cm³/mol. The molecule has 4 heteroatoms. The third kappa shape index (κ3) is 3.56. The van der Waals surface area contributed by atoms with Crippen LogP contribution in [0.2, 0.25) is 0 Å². The lowest BCUT2D eigenvalue weighted by Crippen LogP contribution is -2.35. The first-order chi connectivity index (χ1) is 9.24. The van der Waals surface area contributed by atoms with Gasteiger partial charge in [0.25, 0.3) is 0 Å². The quantitative estimate of drug-likeness (QED) is 0.806. The van der Waals surface area contributed by atoms with Gasteiger partial charge in [-0.05, 0) is 25.5 Å². The van der Waals surface area contributed by atoms with Crippen molar-refractivity contribution < 1.29 is 14.3 Å². The molecule has 4 nitrogen and oxygen atoms in total. The number of nitrogens with one attached hydrogen (secondary N) is 1. The number of fused-ring (bicyclic) bond motifs is 1. The molecule has 19 heavy (non-hydrogen) atoms. The number of hydrogen-bond acceptors (Lipinski definition) is 4. The molecule has 0 aliphatic carbocycles. The zero-order chi connectivity index (χ0) is 13.7. The molecule has 2 atom stereocenters. The predicted octanol–water partition coefficient (Wildman–Crippen LogP) is 2.48. The van der Waals surface area contributed by atoms with Crippen LogP contribution in [0.15, 0.2) is 34.7 Å². The summed E-state index contributed by atoms with van der Waals surface area (Å²) in [7, 11) is 1.66. The second kappa shape index (κ2) is 6.70. The van der Waals surface area contributed by atoms with Gasteiger partial charge < -0.3 is 19.6 Å². The molecular formula is C15H21NO3. The fourth-order valence-electron chi connectivity index (χ4n) is 2.22. The Morgan fingerprint density at radius 1 is 1.37 bits per heavy atom. The van der Waals surface area contributed by atoms with Gasteiger partial charge in [-0.1, -0.05) is 18.2 Å². The number of hydrogen-bond donors (Lipinski definition) is 2. The number of rotatable bonds is 7. The molecule has 1 heterocycles. The average molecular weight is 263 g/mol. The summed E-state index contributed by atoms with van der Waals surface area (Å²) in [5, 5.41) is 13.6. The zero-order valence-electron chi connectivity index (χ0n) is 11.4. The smallest absolute Gasteiger partial charge is 0.134 e. The summed E-state index contributed by atoms with van der Waals surface area (Å²) in [4.78, 5) is 0. The van der Waals surface area contributed by atoms with Crippen LogP contribution in [0.5, 0.6) is 0 Å². The lowest BCUT2D eigenvalue weighted by atomic mass is 10.1. The van der Waals surface area contributed by atoms with Crippen LogP contribution in [0, 0.1) is 0 Å². The van der Waals surface area contributed by atoms with Crippen molar-refractivity contribution in [3.8, 4) is 0 Å². The Morgan fingerprint density at radius 3 is 2.84 bits per heavy atom. The van der Waals surface area contributed by atoms with E-state index in [2.05, 4.69) is 18.3 Å². The molecule has 2 N–H and O–H groups in total. The van der Waals surface area contributed by atoms with Crippen LogP contribution >= 0.6 is 0 Å². The van der Waals surface area contributed by atoms with E-state index in [1.165, 1.54) is 0 Å². The van der Waals surface area contributed by atoms with Crippen LogP contribution in [0.4, 0.5) is 0 Å². The number of aliphatic hydroxyl groups is 1. The Bertz CT molecular complexity index is 470. The lowest BCUT2D eigenvalue weighted by Gasteiger charge is -2.20. The minimum Gasteiger partial charge on any atom is -0.459 e. The van der Waals surface area contributed by atoms with Crippen molar-refractivity contribution in [1.29, 1.82) is 0 Å². The number of aliphatic hydroxyl groups excluding tert-OH is 1. The van der Waals surface area contributed by atoms with Crippen molar-refractivity contribution in [1.82, 2.24) is 5.32 Å². The Balaban J connectivity index is 2.07. The molecule has 0 aliphatic heterocycles. The van der Waals surface area contributed by atoms with Gasteiger partial charge in [0.1, 0.15) is 11.3 Å². The third-order valence-corrected chi connectivity index (χ3v) is 3.20. The number of furan rings is 1. The van der Waals surface area contributed by atoms with Gasteiger partial charge in [0.15, 0.2) is 0 Å². The van der Waals surface area contributed by atoms with Crippen molar-refractivity contribution in [3.63, 3.8) is 0 Å². The summed E-state index contributed by atoms with van der Waals surface area (Å²) >= 11 is 0. The van der Waals surface area contributed by atoms with Gasteiger partial charge in [-0.2, -0.15) is 0 Å². The molecule has 1 aromatic carbocycles. The van der Waals surface area contributed by atoms with E-state index >= 15 is 0 Å². The van der Waals surface area contributed by atoms with E-state index < -0.39 is 0 Å². The number of benzene rings is 1. The maximum absolute atomic E-state index is 9.04. The van der Waals surface area contributed by atoms with Crippen LogP contribution in [0.3, 0.4) is 0 Å². The zero-order valence-corrected chi connectivity index (χ0v) is 11.4. The van der Waals surface area contributed by atoms with Crippen molar-refractivity contribution in [3.05, 3.63) is 36.1 Å². The Kier molecular flexibility index (Phi) is 4.96. The Labute approximate surface area is 113 Å². The average Bonchev–Trinajstić information content (AvgIpc) is 2.83. The fraction of sp³-hybridized carbons (Fsp3) is 0.467. The minimum absolute atomic E-state index is 0.0825.